The predicted octanol–water partition coefficient (Wildman–Crippen LogP) is 3.52. The second kappa shape index (κ2) is 6.99. The first-order chi connectivity index (χ1) is 9.32. The monoisotopic (exact) mass is 322 g/mol. The molecule has 0 unspecified atom stereocenters. The average molecular weight is 323 g/mol. The van der Waals surface area contributed by atoms with Crippen molar-refractivity contribution in [1.29, 1.82) is 0 Å². The average Bonchev–Trinajstić information content (AvgIpc) is 2.39. The SMILES string of the molecule is CC(C)(C)[C@H](c1ccc(F)c(F)c1F)N1CCNCC1.Cl. The molecule has 1 saturated heterocycles. The highest BCUT2D eigenvalue weighted by Crippen LogP contribution is 2.39. The van der Waals surface area contributed by atoms with Gasteiger partial charge in [0.25, 0.3) is 0 Å². The van der Waals surface area contributed by atoms with E-state index in [1.165, 1.54) is 6.07 Å². The normalized spacial score (nSPS) is 18.2. The van der Waals surface area contributed by atoms with Gasteiger partial charge in [0.05, 0.1) is 0 Å². The van der Waals surface area contributed by atoms with Crippen molar-refractivity contribution in [2.75, 3.05) is 26.2 Å². The van der Waals surface area contributed by atoms with Crippen molar-refractivity contribution in [2.24, 2.45) is 5.41 Å². The number of piperazine rings is 1. The Morgan fingerprint density at radius 3 is 2.14 bits per heavy atom. The first kappa shape index (κ1) is 18.3. The fourth-order valence-electron chi connectivity index (χ4n) is 2.90. The van der Waals surface area contributed by atoms with E-state index in [0.717, 1.165) is 32.2 Å². The molecule has 2 nitrogen and oxygen atoms in total. The zero-order valence-corrected chi connectivity index (χ0v) is 13.4. The first-order valence-electron chi connectivity index (χ1n) is 6.90. The fourth-order valence-corrected chi connectivity index (χ4v) is 2.90. The Kier molecular flexibility index (Phi) is 6.08. The van der Waals surface area contributed by atoms with E-state index in [9.17, 15) is 13.2 Å². The van der Waals surface area contributed by atoms with Crippen LogP contribution in [0.3, 0.4) is 0 Å². The van der Waals surface area contributed by atoms with Crippen molar-refractivity contribution < 1.29 is 13.2 Å². The maximum absolute atomic E-state index is 14.1. The number of hydrogen-bond acceptors (Lipinski definition) is 2. The van der Waals surface area contributed by atoms with Crippen LogP contribution in [0.4, 0.5) is 13.2 Å². The van der Waals surface area contributed by atoms with Gasteiger partial charge in [0.15, 0.2) is 17.5 Å². The second-order valence-corrected chi connectivity index (χ2v) is 6.32. The Balaban J connectivity index is 0.00000220. The molecule has 0 aromatic heterocycles. The van der Waals surface area contributed by atoms with Crippen LogP contribution in [-0.4, -0.2) is 31.1 Å². The fraction of sp³-hybridized carbons (Fsp3) is 0.600. The highest BCUT2D eigenvalue weighted by Gasteiger charge is 2.35. The third-order valence-corrected chi connectivity index (χ3v) is 3.70. The number of rotatable bonds is 2. The maximum Gasteiger partial charge on any atom is 0.194 e. The van der Waals surface area contributed by atoms with E-state index in [-0.39, 0.29) is 29.4 Å². The molecule has 2 rings (SSSR count). The van der Waals surface area contributed by atoms with Gasteiger partial charge >= 0.3 is 0 Å². The van der Waals surface area contributed by atoms with E-state index in [0.29, 0.717) is 0 Å². The van der Waals surface area contributed by atoms with Crippen LogP contribution in [0.1, 0.15) is 32.4 Å². The molecule has 1 N–H and O–H groups in total. The van der Waals surface area contributed by atoms with E-state index in [1.54, 1.807) is 0 Å². The Labute approximate surface area is 130 Å². The van der Waals surface area contributed by atoms with E-state index in [1.807, 2.05) is 20.8 Å². The van der Waals surface area contributed by atoms with Crippen molar-refractivity contribution in [3.05, 3.63) is 35.1 Å². The summed E-state index contributed by atoms with van der Waals surface area (Å²) in [6, 6.07) is 2.10. The first-order valence-corrected chi connectivity index (χ1v) is 6.90. The topological polar surface area (TPSA) is 15.3 Å². The van der Waals surface area contributed by atoms with Crippen LogP contribution in [-0.2, 0) is 0 Å². The molecule has 0 radical (unpaired) electrons. The van der Waals surface area contributed by atoms with Crippen LogP contribution in [0.5, 0.6) is 0 Å². The zero-order valence-electron chi connectivity index (χ0n) is 12.5. The maximum atomic E-state index is 14.1. The summed E-state index contributed by atoms with van der Waals surface area (Å²) in [6.07, 6.45) is 0. The standard InChI is InChI=1S/C15H21F3N2.ClH/c1-15(2,3)14(20-8-6-19-7-9-20)10-4-5-11(16)13(18)12(10)17;/h4-5,14,19H,6-9H2,1-3H3;1H/t14-;/m0./s1. The Bertz CT molecular complexity index is 483. The molecule has 1 aromatic carbocycles. The summed E-state index contributed by atoms with van der Waals surface area (Å²) in [7, 11) is 0. The summed E-state index contributed by atoms with van der Waals surface area (Å²) in [6.45, 7) is 9.12. The van der Waals surface area contributed by atoms with Gasteiger partial charge in [0.1, 0.15) is 0 Å². The van der Waals surface area contributed by atoms with Crippen LogP contribution in [0, 0.1) is 22.9 Å². The molecule has 1 aromatic rings. The minimum absolute atomic E-state index is 0. The van der Waals surface area contributed by atoms with Gasteiger partial charge in [0, 0.05) is 37.8 Å². The third-order valence-electron chi connectivity index (χ3n) is 3.70. The summed E-state index contributed by atoms with van der Waals surface area (Å²) in [5, 5.41) is 3.24. The van der Waals surface area contributed by atoms with E-state index < -0.39 is 17.5 Å². The lowest BCUT2D eigenvalue weighted by molar-refractivity contribution is 0.0827. The summed E-state index contributed by atoms with van der Waals surface area (Å²) in [5.74, 6) is -3.59. The molecule has 6 heteroatoms. The number of nitrogens with one attached hydrogen (secondary N) is 1. The molecule has 1 aliphatic heterocycles. The van der Waals surface area contributed by atoms with Gasteiger partial charge in [-0.3, -0.25) is 4.90 Å². The zero-order chi connectivity index (χ0) is 14.9. The molecule has 0 aliphatic carbocycles. The van der Waals surface area contributed by atoms with Crippen molar-refractivity contribution in [1.82, 2.24) is 10.2 Å². The molecule has 1 heterocycles. The third kappa shape index (κ3) is 3.90. The molecule has 120 valence electrons. The Hall–Kier alpha value is -0.780. The van der Waals surface area contributed by atoms with E-state index >= 15 is 0 Å². The highest BCUT2D eigenvalue weighted by molar-refractivity contribution is 5.85. The minimum atomic E-state index is -1.38. The molecule has 21 heavy (non-hydrogen) atoms. The van der Waals surface area contributed by atoms with Crippen LogP contribution >= 0.6 is 12.4 Å². The lowest BCUT2D eigenvalue weighted by Gasteiger charge is -2.42. The van der Waals surface area contributed by atoms with Gasteiger partial charge in [-0.25, -0.2) is 13.2 Å². The number of benzene rings is 1. The molecule has 0 spiro atoms. The lowest BCUT2D eigenvalue weighted by Crippen LogP contribution is -2.48. The summed E-state index contributed by atoms with van der Waals surface area (Å²) >= 11 is 0. The molecule has 0 bridgehead atoms. The largest absolute Gasteiger partial charge is 0.314 e. The Morgan fingerprint density at radius 1 is 1.05 bits per heavy atom. The quantitative estimate of drug-likeness (QED) is 0.838. The van der Waals surface area contributed by atoms with Gasteiger partial charge in [-0.05, 0) is 11.5 Å². The van der Waals surface area contributed by atoms with Crippen LogP contribution in [0.25, 0.3) is 0 Å². The lowest BCUT2D eigenvalue weighted by atomic mass is 9.80. The summed E-state index contributed by atoms with van der Waals surface area (Å²) < 4.78 is 40.8. The second-order valence-electron chi connectivity index (χ2n) is 6.32. The van der Waals surface area contributed by atoms with Crippen LogP contribution in [0.15, 0.2) is 12.1 Å². The molecular weight excluding hydrogens is 301 g/mol. The molecule has 1 aliphatic rings. The van der Waals surface area contributed by atoms with Crippen LogP contribution in [0.2, 0.25) is 0 Å². The van der Waals surface area contributed by atoms with Gasteiger partial charge in [-0.2, -0.15) is 0 Å². The smallest absolute Gasteiger partial charge is 0.194 e. The van der Waals surface area contributed by atoms with E-state index in [2.05, 4.69) is 10.2 Å². The van der Waals surface area contributed by atoms with Crippen molar-refractivity contribution in [3.8, 4) is 0 Å². The van der Waals surface area contributed by atoms with Crippen molar-refractivity contribution in [3.63, 3.8) is 0 Å². The summed E-state index contributed by atoms with van der Waals surface area (Å²) in [4.78, 5) is 2.13. The Morgan fingerprint density at radius 2 is 1.62 bits per heavy atom. The summed E-state index contributed by atoms with van der Waals surface area (Å²) in [5.41, 5.74) is -0.0408. The van der Waals surface area contributed by atoms with Gasteiger partial charge in [-0.15, -0.1) is 12.4 Å². The van der Waals surface area contributed by atoms with Crippen molar-refractivity contribution in [2.45, 2.75) is 26.8 Å². The number of hydrogen-bond donors (Lipinski definition) is 1. The van der Waals surface area contributed by atoms with Gasteiger partial charge < -0.3 is 5.32 Å². The molecular formula is C15H22ClF3N2. The highest BCUT2D eigenvalue weighted by atomic mass is 35.5. The molecule has 0 amide bonds. The minimum Gasteiger partial charge on any atom is -0.314 e. The number of halogens is 4. The number of nitrogens with zero attached hydrogens (tertiary/aromatic N) is 1. The van der Waals surface area contributed by atoms with Crippen LogP contribution < -0.4 is 5.32 Å². The molecule has 1 atom stereocenters. The molecule has 1 fully saturated rings. The predicted molar refractivity (Wildman–Crippen MR) is 80.2 cm³/mol. The van der Waals surface area contributed by atoms with E-state index in [4.69, 9.17) is 0 Å². The van der Waals surface area contributed by atoms with Crippen molar-refractivity contribution >= 4 is 12.4 Å². The van der Waals surface area contributed by atoms with Gasteiger partial charge in [0.2, 0.25) is 0 Å². The van der Waals surface area contributed by atoms with Gasteiger partial charge in [-0.1, -0.05) is 26.8 Å². The molecule has 0 saturated carbocycles.